The number of halogens is 2. The van der Waals surface area contributed by atoms with Crippen molar-refractivity contribution in [2.75, 3.05) is 0 Å². The molecule has 0 radical (unpaired) electrons. The molecule has 1 aliphatic carbocycles. The van der Waals surface area contributed by atoms with Gasteiger partial charge in [-0.05, 0) is 23.8 Å². The SMILES string of the molecule is CC1(C)CCCC1NCc1ccc(C(F)F)cc1. The number of hydrogen-bond acceptors (Lipinski definition) is 1. The zero-order valence-electron chi connectivity index (χ0n) is 11.0. The van der Waals surface area contributed by atoms with Crippen LogP contribution in [-0.4, -0.2) is 6.04 Å². The Hall–Kier alpha value is -0.960. The predicted molar refractivity (Wildman–Crippen MR) is 69.7 cm³/mol. The van der Waals surface area contributed by atoms with Gasteiger partial charge < -0.3 is 5.32 Å². The van der Waals surface area contributed by atoms with Crippen LogP contribution < -0.4 is 5.32 Å². The van der Waals surface area contributed by atoms with E-state index in [0.717, 1.165) is 12.1 Å². The van der Waals surface area contributed by atoms with Gasteiger partial charge in [-0.25, -0.2) is 8.78 Å². The van der Waals surface area contributed by atoms with E-state index < -0.39 is 6.43 Å². The van der Waals surface area contributed by atoms with Gasteiger partial charge in [-0.1, -0.05) is 44.5 Å². The molecule has 1 aromatic carbocycles. The second-order valence-corrected chi connectivity index (χ2v) is 5.86. The summed E-state index contributed by atoms with van der Waals surface area (Å²) in [4.78, 5) is 0. The first kappa shape index (κ1) is 13.5. The normalized spacial score (nSPS) is 22.6. The molecule has 1 fully saturated rings. The number of benzene rings is 1. The first-order valence-corrected chi connectivity index (χ1v) is 6.59. The highest BCUT2D eigenvalue weighted by molar-refractivity contribution is 5.23. The Bertz CT molecular complexity index is 384. The van der Waals surface area contributed by atoms with Crippen molar-refractivity contribution in [1.82, 2.24) is 5.32 Å². The topological polar surface area (TPSA) is 12.0 Å². The van der Waals surface area contributed by atoms with Gasteiger partial charge in [0, 0.05) is 18.2 Å². The molecule has 0 bridgehead atoms. The Morgan fingerprint density at radius 1 is 1.28 bits per heavy atom. The van der Waals surface area contributed by atoms with E-state index in [4.69, 9.17) is 0 Å². The van der Waals surface area contributed by atoms with Crippen LogP contribution in [0.15, 0.2) is 24.3 Å². The van der Waals surface area contributed by atoms with Crippen LogP contribution in [0, 0.1) is 5.41 Å². The summed E-state index contributed by atoms with van der Waals surface area (Å²) in [5.74, 6) is 0. The van der Waals surface area contributed by atoms with Crippen LogP contribution in [-0.2, 0) is 6.54 Å². The predicted octanol–water partition coefficient (Wildman–Crippen LogP) is 4.29. The van der Waals surface area contributed by atoms with Gasteiger partial charge in [-0.15, -0.1) is 0 Å². The van der Waals surface area contributed by atoms with Crippen molar-refractivity contribution in [3.8, 4) is 0 Å². The average molecular weight is 253 g/mol. The molecule has 1 aliphatic rings. The fraction of sp³-hybridized carbons (Fsp3) is 0.600. The third kappa shape index (κ3) is 3.08. The van der Waals surface area contributed by atoms with Crippen LogP contribution in [0.2, 0.25) is 0 Å². The quantitative estimate of drug-likeness (QED) is 0.844. The molecule has 0 saturated heterocycles. The van der Waals surface area contributed by atoms with E-state index in [9.17, 15) is 8.78 Å². The minimum Gasteiger partial charge on any atom is -0.309 e. The van der Waals surface area contributed by atoms with Crippen LogP contribution in [0.4, 0.5) is 8.78 Å². The Balaban J connectivity index is 1.90. The summed E-state index contributed by atoms with van der Waals surface area (Å²) in [6.07, 6.45) is 1.37. The monoisotopic (exact) mass is 253 g/mol. The molecular weight excluding hydrogens is 232 g/mol. The molecule has 1 nitrogen and oxygen atoms in total. The highest BCUT2D eigenvalue weighted by atomic mass is 19.3. The van der Waals surface area contributed by atoms with E-state index in [1.54, 1.807) is 12.1 Å². The van der Waals surface area contributed by atoms with E-state index in [2.05, 4.69) is 19.2 Å². The number of rotatable bonds is 4. The third-order valence-electron chi connectivity index (χ3n) is 4.04. The summed E-state index contributed by atoms with van der Waals surface area (Å²) in [5, 5.41) is 3.55. The van der Waals surface area contributed by atoms with Crippen LogP contribution in [0.25, 0.3) is 0 Å². The van der Waals surface area contributed by atoms with E-state index >= 15 is 0 Å². The van der Waals surface area contributed by atoms with Gasteiger partial charge in [-0.2, -0.15) is 0 Å². The third-order valence-corrected chi connectivity index (χ3v) is 4.04. The Kier molecular flexibility index (Phi) is 4.00. The van der Waals surface area contributed by atoms with Gasteiger partial charge in [0.05, 0.1) is 0 Å². The van der Waals surface area contributed by atoms with Crippen molar-refractivity contribution in [2.45, 2.75) is 52.1 Å². The summed E-state index contributed by atoms with van der Waals surface area (Å²) in [7, 11) is 0. The van der Waals surface area contributed by atoms with Crippen LogP contribution >= 0.6 is 0 Å². The van der Waals surface area contributed by atoms with E-state index in [1.165, 1.54) is 31.4 Å². The summed E-state index contributed by atoms with van der Waals surface area (Å²) >= 11 is 0. The summed E-state index contributed by atoms with van der Waals surface area (Å²) in [6.45, 7) is 5.34. The summed E-state index contributed by atoms with van der Waals surface area (Å²) in [5.41, 5.74) is 1.52. The Morgan fingerprint density at radius 2 is 1.94 bits per heavy atom. The molecular formula is C15H21F2N. The maximum absolute atomic E-state index is 12.4. The van der Waals surface area contributed by atoms with Gasteiger partial charge in [0.2, 0.25) is 0 Å². The molecule has 0 spiro atoms. The zero-order chi connectivity index (χ0) is 13.2. The van der Waals surface area contributed by atoms with E-state index in [-0.39, 0.29) is 5.56 Å². The Labute approximate surface area is 108 Å². The standard InChI is InChI=1S/C15H21F2N/c1-15(2)9-3-4-13(15)18-10-11-5-7-12(8-6-11)14(16)17/h5-8,13-14,18H,3-4,9-10H2,1-2H3. The van der Waals surface area contributed by atoms with Crippen molar-refractivity contribution in [3.05, 3.63) is 35.4 Å². The van der Waals surface area contributed by atoms with Crippen LogP contribution in [0.5, 0.6) is 0 Å². The van der Waals surface area contributed by atoms with Crippen LogP contribution in [0.1, 0.15) is 50.7 Å². The van der Waals surface area contributed by atoms with Crippen molar-refractivity contribution in [3.63, 3.8) is 0 Å². The minimum absolute atomic E-state index is 0.0972. The lowest BCUT2D eigenvalue weighted by molar-refractivity contribution is 0.151. The molecule has 0 heterocycles. The van der Waals surface area contributed by atoms with Gasteiger partial charge in [-0.3, -0.25) is 0 Å². The van der Waals surface area contributed by atoms with Gasteiger partial charge >= 0.3 is 0 Å². The number of hydrogen-bond donors (Lipinski definition) is 1. The molecule has 0 aromatic heterocycles. The van der Waals surface area contributed by atoms with Gasteiger partial charge in [0.15, 0.2) is 0 Å². The summed E-state index contributed by atoms with van der Waals surface area (Å²) < 4.78 is 24.8. The summed E-state index contributed by atoms with van der Waals surface area (Å²) in [6, 6.07) is 7.14. The lowest BCUT2D eigenvalue weighted by atomic mass is 9.87. The van der Waals surface area contributed by atoms with Crippen LogP contribution in [0.3, 0.4) is 0 Å². The highest BCUT2D eigenvalue weighted by Crippen LogP contribution is 2.37. The fourth-order valence-electron chi connectivity index (χ4n) is 2.73. The average Bonchev–Trinajstić information content (AvgIpc) is 2.66. The first-order chi connectivity index (χ1) is 8.49. The van der Waals surface area contributed by atoms with E-state index in [1.807, 2.05) is 0 Å². The lowest BCUT2D eigenvalue weighted by Gasteiger charge is -2.28. The molecule has 0 amide bonds. The largest absolute Gasteiger partial charge is 0.309 e. The molecule has 2 rings (SSSR count). The fourth-order valence-corrected chi connectivity index (χ4v) is 2.73. The molecule has 18 heavy (non-hydrogen) atoms. The number of alkyl halides is 2. The van der Waals surface area contributed by atoms with Gasteiger partial charge in [0.25, 0.3) is 6.43 Å². The van der Waals surface area contributed by atoms with Gasteiger partial charge in [0.1, 0.15) is 0 Å². The van der Waals surface area contributed by atoms with Crippen molar-refractivity contribution in [2.24, 2.45) is 5.41 Å². The molecule has 100 valence electrons. The first-order valence-electron chi connectivity index (χ1n) is 6.59. The minimum atomic E-state index is -2.37. The molecule has 1 atom stereocenters. The molecule has 1 unspecified atom stereocenters. The number of nitrogens with one attached hydrogen (secondary N) is 1. The van der Waals surface area contributed by atoms with Crippen molar-refractivity contribution >= 4 is 0 Å². The smallest absolute Gasteiger partial charge is 0.263 e. The van der Waals surface area contributed by atoms with E-state index in [0.29, 0.717) is 11.5 Å². The maximum Gasteiger partial charge on any atom is 0.263 e. The lowest BCUT2D eigenvalue weighted by Crippen LogP contribution is -2.37. The zero-order valence-corrected chi connectivity index (χ0v) is 11.0. The highest BCUT2D eigenvalue weighted by Gasteiger charge is 2.33. The molecule has 1 N–H and O–H groups in total. The van der Waals surface area contributed by atoms with Crippen molar-refractivity contribution < 1.29 is 8.78 Å². The second kappa shape index (κ2) is 5.35. The second-order valence-electron chi connectivity index (χ2n) is 5.86. The molecule has 1 saturated carbocycles. The maximum atomic E-state index is 12.4. The molecule has 0 aliphatic heterocycles. The Morgan fingerprint density at radius 3 is 2.44 bits per heavy atom. The van der Waals surface area contributed by atoms with Crippen molar-refractivity contribution in [1.29, 1.82) is 0 Å². The molecule has 1 aromatic rings. The molecule has 3 heteroatoms.